The summed E-state index contributed by atoms with van der Waals surface area (Å²) in [6.45, 7) is 6.85. The van der Waals surface area contributed by atoms with E-state index in [2.05, 4.69) is 20.8 Å². The monoisotopic (exact) mass is 669 g/mol. The lowest BCUT2D eigenvalue weighted by Crippen LogP contribution is -2.43. The highest BCUT2D eigenvalue weighted by Gasteiger charge is 2.41. The van der Waals surface area contributed by atoms with Crippen LogP contribution in [0.25, 0.3) is 0 Å². The maximum absolute atomic E-state index is 12.6. The zero-order valence-electron chi connectivity index (χ0n) is 31.0. The maximum atomic E-state index is 12.6. The summed E-state index contributed by atoms with van der Waals surface area (Å²) in [5.41, 5.74) is -2.66. The van der Waals surface area contributed by atoms with E-state index in [1.54, 1.807) is 0 Å². The second-order valence-electron chi connectivity index (χ2n) is 14.8. The molecular weight excluding hydrogens is 592 g/mol. The van der Waals surface area contributed by atoms with Crippen LogP contribution in [0.1, 0.15) is 220 Å². The molecule has 0 amide bonds. The third-order valence-corrected chi connectivity index (χ3v) is 9.51. The van der Waals surface area contributed by atoms with Crippen LogP contribution in [0, 0.1) is 5.92 Å². The summed E-state index contributed by atoms with van der Waals surface area (Å²) < 4.78 is 5.65. The fourth-order valence-corrected chi connectivity index (χ4v) is 6.45. The standard InChI is InChI=1S/C40H76O7/c1-4-5-6-7-8-9-10-11-12-16-19-22-25-28-31-36(47-38(43)34-40(46,39(44)45)33-37(41)42)32-29-26-23-20-17-14-13-15-18-21-24-27-30-35(2)3/h35-36,46H,4-34H2,1-3H3,(H,41,42)(H,44,45). The Morgan fingerprint density at radius 2 is 0.830 bits per heavy atom. The Labute approximate surface area is 289 Å². The van der Waals surface area contributed by atoms with E-state index < -0.39 is 36.4 Å². The molecule has 0 saturated heterocycles. The molecule has 7 nitrogen and oxygen atoms in total. The van der Waals surface area contributed by atoms with Crippen LogP contribution in [0.5, 0.6) is 0 Å². The van der Waals surface area contributed by atoms with E-state index in [1.807, 2.05) is 0 Å². The van der Waals surface area contributed by atoms with E-state index >= 15 is 0 Å². The molecule has 278 valence electrons. The molecule has 0 fully saturated rings. The number of carboxylic acids is 2. The fourth-order valence-electron chi connectivity index (χ4n) is 6.45. The average Bonchev–Trinajstić information content (AvgIpc) is 3.00. The van der Waals surface area contributed by atoms with Crippen LogP contribution in [0.15, 0.2) is 0 Å². The minimum absolute atomic E-state index is 0.330. The Hall–Kier alpha value is -1.63. The van der Waals surface area contributed by atoms with Crippen LogP contribution in [0.3, 0.4) is 0 Å². The Morgan fingerprint density at radius 3 is 1.13 bits per heavy atom. The van der Waals surface area contributed by atoms with Crippen molar-refractivity contribution in [2.24, 2.45) is 5.92 Å². The van der Waals surface area contributed by atoms with E-state index in [9.17, 15) is 24.6 Å². The SMILES string of the molecule is CCCCCCCCCCCCCCCCC(CCCCCCCCCCCCCCC(C)C)OC(=O)CC(O)(CC(=O)O)C(=O)O. The normalized spacial score (nSPS) is 13.5. The van der Waals surface area contributed by atoms with E-state index in [4.69, 9.17) is 9.84 Å². The molecule has 2 unspecified atom stereocenters. The molecule has 0 heterocycles. The smallest absolute Gasteiger partial charge is 0.336 e. The molecule has 0 aromatic carbocycles. The number of carbonyl (C=O) groups excluding carboxylic acids is 1. The first-order valence-corrected chi connectivity index (χ1v) is 20.0. The third kappa shape index (κ3) is 30.2. The van der Waals surface area contributed by atoms with Crippen LogP contribution < -0.4 is 0 Å². The number of aliphatic carboxylic acids is 2. The number of hydrogen-bond donors (Lipinski definition) is 3. The topological polar surface area (TPSA) is 121 Å². The number of hydrogen-bond acceptors (Lipinski definition) is 5. The van der Waals surface area contributed by atoms with Crippen LogP contribution in [0.4, 0.5) is 0 Å². The van der Waals surface area contributed by atoms with Gasteiger partial charge in [-0.1, -0.05) is 181 Å². The lowest BCUT2D eigenvalue weighted by atomic mass is 9.95. The molecule has 0 spiro atoms. The summed E-state index contributed by atoms with van der Waals surface area (Å²) in [5.74, 6) is -3.21. The van der Waals surface area contributed by atoms with Gasteiger partial charge in [-0.3, -0.25) is 9.59 Å². The Kier molecular flexibility index (Phi) is 30.5. The molecule has 0 aliphatic heterocycles. The Morgan fingerprint density at radius 1 is 0.511 bits per heavy atom. The molecule has 0 aliphatic rings. The number of carbonyl (C=O) groups is 3. The van der Waals surface area contributed by atoms with E-state index in [1.165, 1.54) is 135 Å². The van der Waals surface area contributed by atoms with Gasteiger partial charge >= 0.3 is 17.9 Å². The van der Waals surface area contributed by atoms with Crippen LogP contribution in [0.2, 0.25) is 0 Å². The predicted octanol–water partition coefficient (Wildman–Crippen LogP) is 11.6. The number of unbranched alkanes of at least 4 members (excludes halogenated alkanes) is 24. The van der Waals surface area contributed by atoms with Gasteiger partial charge in [0.2, 0.25) is 0 Å². The van der Waals surface area contributed by atoms with Gasteiger partial charge in [-0.25, -0.2) is 4.79 Å². The highest BCUT2D eigenvalue weighted by atomic mass is 16.5. The summed E-state index contributed by atoms with van der Waals surface area (Å²) in [4.78, 5) is 35.2. The van der Waals surface area contributed by atoms with E-state index in [0.29, 0.717) is 12.8 Å². The molecule has 0 bridgehead atoms. The number of esters is 1. The molecule has 0 aliphatic carbocycles. The van der Waals surface area contributed by atoms with Crippen LogP contribution in [-0.4, -0.2) is 44.9 Å². The van der Waals surface area contributed by atoms with Crippen molar-refractivity contribution >= 4 is 17.9 Å². The average molecular weight is 669 g/mol. The zero-order chi connectivity index (χ0) is 35.0. The molecule has 7 heteroatoms. The van der Waals surface area contributed by atoms with Crippen molar-refractivity contribution in [1.82, 2.24) is 0 Å². The number of rotatable bonds is 36. The van der Waals surface area contributed by atoms with Crippen molar-refractivity contribution in [1.29, 1.82) is 0 Å². The van der Waals surface area contributed by atoms with Gasteiger partial charge in [0.05, 0.1) is 12.8 Å². The van der Waals surface area contributed by atoms with Gasteiger partial charge < -0.3 is 20.1 Å². The molecule has 47 heavy (non-hydrogen) atoms. The quantitative estimate of drug-likeness (QED) is 0.0448. The maximum Gasteiger partial charge on any atom is 0.336 e. The molecule has 2 atom stereocenters. The largest absolute Gasteiger partial charge is 0.481 e. The van der Waals surface area contributed by atoms with Crippen LogP contribution in [-0.2, 0) is 19.1 Å². The number of aliphatic hydroxyl groups is 1. The summed E-state index contributed by atoms with van der Waals surface area (Å²) >= 11 is 0. The fraction of sp³-hybridized carbons (Fsp3) is 0.925. The molecule has 0 rings (SSSR count). The summed E-state index contributed by atoms with van der Waals surface area (Å²) in [6, 6.07) is 0. The van der Waals surface area contributed by atoms with E-state index in [-0.39, 0.29) is 6.10 Å². The summed E-state index contributed by atoms with van der Waals surface area (Å²) in [6.07, 6.45) is 33.4. The molecule has 0 aromatic heterocycles. The third-order valence-electron chi connectivity index (χ3n) is 9.51. The van der Waals surface area contributed by atoms with Crippen LogP contribution >= 0.6 is 0 Å². The van der Waals surface area contributed by atoms with Gasteiger partial charge in [-0.15, -0.1) is 0 Å². The molecule has 0 radical (unpaired) electrons. The van der Waals surface area contributed by atoms with Gasteiger partial charge in [0.15, 0.2) is 5.60 Å². The highest BCUT2D eigenvalue weighted by molar-refractivity contribution is 5.88. The van der Waals surface area contributed by atoms with Crippen molar-refractivity contribution < 1.29 is 34.4 Å². The lowest BCUT2D eigenvalue weighted by molar-refractivity contribution is -0.173. The summed E-state index contributed by atoms with van der Waals surface area (Å²) in [7, 11) is 0. The lowest BCUT2D eigenvalue weighted by Gasteiger charge is -2.23. The minimum Gasteiger partial charge on any atom is -0.481 e. The Bertz CT molecular complexity index is 753. The molecule has 3 N–H and O–H groups in total. The number of carboxylic acid groups (broad SMARTS) is 2. The minimum atomic E-state index is -2.66. The van der Waals surface area contributed by atoms with Crippen molar-refractivity contribution in [3.8, 4) is 0 Å². The van der Waals surface area contributed by atoms with E-state index in [0.717, 1.165) is 44.4 Å². The van der Waals surface area contributed by atoms with Gasteiger partial charge in [-0.05, 0) is 31.6 Å². The van der Waals surface area contributed by atoms with Crippen molar-refractivity contribution in [2.75, 3.05) is 0 Å². The van der Waals surface area contributed by atoms with Gasteiger partial charge in [0, 0.05) is 0 Å². The molecular formula is C40H76O7. The van der Waals surface area contributed by atoms with Gasteiger partial charge in [-0.2, -0.15) is 0 Å². The molecule has 0 aromatic rings. The van der Waals surface area contributed by atoms with Crippen molar-refractivity contribution in [2.45, 2.75) is 232 Å². The van der Waals surface area contributed by atoms with Gasteiger partial charge in [0.25, 0.3) is 0 Å². The second kappa shape index (κ2) is 31.6. The highest BCUT2D eigenvalue weighted by Crippen LogP contribution is 2.22. The second-order valence-corrected chi connectivity index (χ2v) is 14.8. The van der Waals surface area contributed by atoms with Gasteiger partial charge in [0.1, 0.15) is 6.10 Å². The first kappa shape index (κ1) is 45.4. The Balaban J connectivity index is 4.31. The summed E-state index contributed by atoms with van der Waals surface area (Å²) in [5, 5.41) is 28.6. The first-order chi connectivity index (χ1) is 22.6. The number of ether oxygens (including phenoxy) is 1. The van der Waals surface area contributed by atoms with Crippen molar-refractivity contribution in [3.63, 3.8) is 0 Å². The molecule has 0 saturated carbocycles. The zero-order valence-corrected chi connectivity index (χ0v) is 31.0. The van der Waals surface area contributed by atoms with Crippen molar-refractivity contribution in [3.05, 3.63) is 0 Å². The first-order valence-electron chi connectivity index (χ1n) is 20.0. The predicted molar refractivity (Wildman–Crippen MR) is 194 cm³/mol.